The third-order valence-corrected chi connectivity index (χ3v) is 3.35. The second-order valence-electron chi connectivity index (χ2n) is 6.00. The molecular weight excluding hydrogens is 196 g/mol. The monoisotopic (exact) mass is 228 g/mol. The summed E-state index contributed by atoms with van der Waals surface area (Å²) in [6.45, 7) is 14.7. The first-order valence-corrected chi connectivity index (χ1v) is 6.78. The Hall–Kier alpha value is -0.0800. The number of likely N-dealkylation sites (N-methyl/N-ethyl adjacent to an activating group) is 1. The molecule has 2 unspecified atom stereocenters. The van der Waals surface area contributed by atoms with Crippen molar-refractivity contribution in [3.8, 4) is 0 Å². The number of hydrogen-bond donors (Lipinski definition) is 1. The summed E-state index contributed by atoms with van der Waals surface area (Å²) in [4.78, 5) is 2.53. The Morgan fingerprint density at radius 3 is 2.12 bits per heavy atom. The fraction of sp³-hybridized carbons (Fsp3) is 1.00. The van der Waals surface area contributed by atoms with Crippen LogP contribution in [0, 0.1) is 0 Å². The molecule has 2 atom stereocenters. The number of rotatable bonds is 7. The van der Waals surface area contributed by atoms with Gasteiger partial charge >= 0.3 is 0 Å². The van der Waals surface area contributed by atoms with E-state index < -0.39 is 0 Å². The van der Waals surface area contributed by atoms with Crippen LogP contribution in [0.15, 0.2) is 0 Å². The van der Waals surface area contributed by atoms with Crippen LogP contribution in [0.4, 0.5) is 0 Å². The largest absolute Gasteiger partial charge is 0.311 e. The van der Waals surface area contributed by atoms with Gasteiger partial charge in [0.1, 0.15) is 0 Å². The molecular formula is C14H32N2. The Kier molecular flexibility index (Phi) is 7.25. The van der Waals surface area contributed by atoms with Gasteiger partial charge in [-0.25, -0.2) is 0 Å². The maximum atomic E-state index is 3.62. The third-order valence-electron chi connectivity index (χ3n) is 3.35. The lowest BCUT2D eigenvalue weighted by molar-refractivity contribution is 0.159. The van der Waals surface area contributed by atoms with Gasteiger partial charge < -0.3 is 5.32 Å². The van der Waals surface area contributed by atoms with Gasteiger partial charge in [-0.2, -0.15) is 0 Å². The molecule has 0 aromatic rings. The average molecular weight is 228 g/mol. The van der Waals surface area contributed by atoms with Crippen molar-refractivity contribution in [3.63, 3.8) is 0 Å². The molecule has 2 heteroatoms. The maximum Gasteiger partial charge on any atom is 0.0220 e. The molecule has 0 aromatic carbocycles. The molecule has 98 valence electrons. The van der Waals surface area contributed by atoms with E-state index >= 15 is 0 Å². The van der Waals surface area contributed by atoms with Gasteiger partial charge in [-0.1, -0.05) is 20.3 Å². The zero-order valence-corrected chi connectivity index (χ0v) is 12.4. The van der Waals surface area contributed by atoms with Gasteiger partial charge in [0.15, 0.2) is 0 Å². The van der Waals surface area contributed by atoms with Gasteiger partial charge in [0, 0.05) is 24.2 Å². The Balaban J connectivity index is 4.25. The van der Waals surface area contributed by atoms with E-state index in [0.717, 1.165) is 6.54 Å². The van der Waals surface area contributed by atoms with Gasteiger partial charge in [0.2, 0.25) is 0 Å². The molecule has 0 radical (unpaired) electrons. The van der Waals surface area contributed by atoms with Crippen LogP contribution < -0.4 is 5.32 Å². The van der Waals surface area contributed by atoms with Crippen molar-refractivity contribution in [2.45, 2.75) is 78.4 Å². The van der Waals surface area contributed by atoms with Crippen LogP contribution in [-0.2, 0) is 0 Å². The number of nitrogens with one attached hydrogen (secondary N) is 1. The third kappa shape index (κ3) is 6.49. The first kappa shape index (κ1) is 15.9. The highest BCUT2D eigenvalue weighted by atomic mass is 15.2. The fourth-order valence-corrected chi connectivity index (χ4v) is 1.85. The van der Waals surface area contributed by atoms with E-state index in [-0.39, 0.29) is 5.54 Å². The molecule has 0 amide bonds. The topological polar surface area (TPSA) is 15.3 Å². The van der Waals surface area contributed by atoms with E-state index in [4.69, 9.17) is 0 Å². The van der Waals surface area contributed by atoms with Crippen LogP contribution in [0.1, 0.15) is 60.8 Å². The highest BCUT2D eigenvalue weighted by Crippen LogP contribution is 2.11. The minimum Gasteiger partial charge on any atom is -0.311 e. The van der Waals surface area contributed by atoms with Gasteiger partial charge in [0.25, 0.3) is 0 Å². The van der Waals surface area contributed by atoms with Gasteiger partial charge in [-0.15, -0.1) is 0 Å². The Bertz CT molecular complexity index is 172. The SMILES string of the molecule is CCCC(CNC(C)(C)C)N(C)C(C)CC. The Morgan fingerprint density at radius 2 is 1.75 bits per heavy atom. The molecule has 16 heavy (non-hydrogen) atoms. The van der Waals surface area contributed by atoms with Crippen molar-refractivity contribution in [2.75, 3.05) is 13.6 Å². The molecule has 0 spiro atoms. The highest BCUT2D eigenvalue weighted by molar-refractivity contribution is 4.79. The van der Waals surface area contributed by atoms with Crippen LogP contribution in [0.25, 0.3) is 0 Å². The van der Waals surface area contributed by atoms with E-state index in [9.17, 15) is 0 Å². The summed E-state index contributed by atoms with van der Waals surface area (Å²) in [6.07, 6.45) is 3.77. The number of nitrogens with zero attached hydrogens (tertiary/aromatic N) is 1. The van der Waals surface area contributed by atoms with Gasteiger partial charge in [-0.3, -0.25) is 4.90 Å². The predicted octanol–water partition coefficient (Wildman–Crippen LogP) is 3.27. The predicted molar refractivity (Wildman–Crippen MR) is 74.0 cm³/mol. The molecule has 0 aliphatic heterocycles. The standard InChI is InChI=1S/C14H32N2/c1-8-10-13(11-15-14(4,5)6)16(7)12(3)9-2/h12-13,15H,8-11H2,1-7H3. The summed E-state index contributed by atoms with van der Waals surface area (Å²) >= 11 is 0. The molecule has 0 saturated carbocycles. The maximum absolute atomic E-state index is 3.62. The van der Waals surface area contributed by atoms with Crippen LogP contribution in [0.3, 0.4) is 0 Å². The normalized spacial score (nSPS) is 16.5. The van der Waals surface area contributed by atoms with Crippen LogP contribution in [0.2, 0.25) is 0 Å². The quantitative estimate of drug-likeness (QED) is 0.719. The first-order chi connectivity index (χ1) is 7.31. The Labute approximate surface area is 103 Å². The van der Waals surface area contributed by atoms with Crippen molar-refractivity contribution >= 4 is 0 Å². The van der Waals surface area contributed by atoms with Crippen molar-refractivity contribution in [3.05, 3.63) is 0 Å². The Morgan fingerprint density at radius 1 is 1.19 bits per heavy atom. The van der Waals surface area contributed by atoms with E-state index in [1.807, 2.05) is 0 Å². The van der Waals surface area contributed by atoms with Crippen LogP contribution >= 0.6 is 0 Å². The zero-order valence-electron chi connectivity index (χ0n) is 12.4. The smallest absolute Gasteiger partial charge is 0.0220 e. The molecule has 0 fully saturated rings. The second kappa shape index (κ2) is 7.29. The second-order valence-corrected chi connectivity index (χ2v) is 6.00. The molecule has 2 nitrogen and oxygen atoms in total. The average Bonchev–Trinajstić information content (AvgIpc) is 2.20. The van der Waals surface area contributed by atoms with Crippen molar-refractivity contribution in [2.24, 2.45) is 0 Å². The van der Waals surface area contributed by atoms with E-state index in [1.54, 1.807) is 0 Å². The van der Waals surface area contributed by atoms with Crippen molar-refractivity contribution in [1.29, 1.82) is 0 Å². The lowest BCUT2D eigenvalue weighted by Crippen LogP contribution is -2.48. The molecule has 0 saturated heterocycles. The van der Waals surface area contributed by atoms with Crippen molar-refractivity contribution < 1.29 is 0 Å². The molecule has 0 aromatic heterocycles. The molecule has 0 bridgehead atoms. The molecule has 0 aliphatic rings. The first-order valence-electron chi connectivity index (χ1n) is 6.78. The minimum absolute atomic E-state index is 0.224. The molecule has 0 rings (SSSR count). The molecule has 0 heterocycles. The molecule has 1 N–H and O–H groups in total. The van der Waals surface area contributed by atoms with E-state index in [1.165, 1.54) is 19.3 Å². The minimum atomic E-state index is 0.224. The van der Waals surface area contributed by atoms with Crippen LogP contribution in [0.5, 0.6) is 0 Å². The lowest BCUT2D eigenvalue weighted by Gasteiger charge is -2.35. The van der Waals surface area contributed by atoms with Crippen molar-refractivity contribution in [1.82, 2.24) is 10.2 Å². The summed E-state index contributed by atoms with van der Waals surface area (Å²) in [6, 6.07) is 1.34. The fourth-order valence-electron chi connectivity index (χ4n) is 1.85. The van der Waals surface area contributed by atoms with Gasteiger partial charge in [-0.05, 0) is 47.6 Å². The van der Waals surface area contributed by atoms with Crippen LogP contribution in [-0.4, -0.2) is 36.1 Å². The lowest BCUT2D eigenvalue weighted by atomic mass is 10.0. The summed E-state index contributed by atoms with van der Waals surface area (Å²) in [5, 5.41) is 3.62. The summed E-state index contributed by atoms with van der Waals surface area (Å²) in [5.74, 6) is 0. The molecule has 0 aliphatic carbocycles. The summed E-state index contributed by atoms with van der Waals surface area (Å²) in [5.41, 5.74) is 0.224. The van der Waals surface area contributed by atoms with Gasteiger partial charge in [0.05, 0.1) is 0 Å². The summed E-state index contributed by atoms with van der Waals surface area (Å²) < 4.78 is 0. The summed E-state index contributed by atoms with van der Waals surface area (Å²) in [7, 11) is 2.26. The zero-order chi connectivity index (χ0) is 12.8. The number of hydrogen-bond acceptors (Lipinski definition) is 2. The van der Waals surface area contributed by atoms with E-state index in [2.05, 4.69) is 58.8 Å². The van der Waals surface area contributed by atoms with E-state index in [0.29, 0.717) is 12.1 Å². The highest BCUT2D eigenvalue weighted by Gasteiger charge is 2.20.